The third kappa shape index (κ3) is 7.75. The summed E-state index contributed by atoms with van der Waals surface area (Å²) >= 11 is 0. The van der Waals surface area contributed by atoms with E-state index in [1.807, 2.05) is 24.4 Å². The van der Waals surface area contributed by atoms with Gasteiger partial charge in [-0.3, -0.25) is 4.98 Å². The first-order valence-corrected chi connectivity index (χ1v) is 10.0. The second-order valence-electron chi connectivity index (χ2n) is 7.09. The molecule has 28 heavy (non-hydrogen) atoms. The lowest BCUT2D eigenvalue weighted by Crippen LogP contribution is -2.40. The van der Waals surface area contributed by atoms with Crippen molar-refractivity contribution in [2.75, 3.05) is 32.7 Å². The summed E-state index contributed by atoms with van der Waals surface area (Å²) in [6, 6.07) is 16.7. The van der Waals surface area contributed by atoms with Crippen LogP contribution in [0.15, 0.2) is 59.7 Å². The Kier molecular flexibility index (Phi) is 10.3. The summed E-state index contributed by atoms with van der Waals surface area (Å²) in [6.45, 7) is 8.04. The van der Waals surface area contributed by atoms with Crippen LogP contribution in [0.1, 0.15) is 24.6 Å². The lowest BCUT2D eigenvalue weighted by molar-refractivity contribution is 0.328. The largest absolute Gasteiger partial charge is 0.357 e. The molecule has 1 saturated heterocycles. The molecule has 0 aliphatic carbocycles. The Labute approximate surface area is 186 Å². The number of hydrogen-bond donors (Lipinski definition) is 2. The second kappa shape index (κ2) is 12.7. The van der Waals surface area contributed by atoms with Gasteiger partial charge in [-0.2, -0.15) is 0 Å². The van der Waals surface area contributed by atoms with Gasteiger partial charge >= 0.3 is 0 Å². The Morgan fingerprint density at radius 3 is 2.71 bits per heavy atom. The van der Waals surface area contributed by atoms with Crippen LogP contribution in [-0.4, -0.2) is 48.6 Å². The molecule has 0 amide bonds. The molecule has 0 saturated carbocycles. The molecule has 2 heterocycles. The number of likely N-dealkylation sites (tertiary alicyclic amines) is 1. The smallest absolute Gasteiger partial charge is 0.191 e. The van der Waals surface area contributed by atoms with Crippen molar-refractivity contribution < 1.29 is 0 Å². The van der Waals surface area contributed by atoms with Crippen LogP contribution in [0.2, 0.25) is 0 Å². The minimum absolute atomic E-state index is 0. The first-order valence-electron chi connectivity index (χ1n) is 10.0. The maximum atomic E-state index is 4.66. The third-order valence-electron chi connectivity index (χ3n) is 4.96. The van der Waals surface area contributed by atoms with E-state index in [-0.39, 0.29) is 24.0 Å². The number of aliphatic imine (C=N–C) groups is 1. The zero-order valence-electron chi connectivity index (χ0n) is 16.7. The van der Waals surface area contributed by atoms with Crippen molar-refractivity contribution in [2.24, 2.45) is 10.9 Å². The van der Waals surface area contributed by atoms with Crippen LogP contribution in [0.3, 0.4) is 0 Å². The van der Waals surface area contributed by atoms with Gasteiger partial charge in [0, 0.05) is 32.4 Å². The highest BCUT2D eigenvalue weighted by molar-refractivity contribution is 14.0. The number of hydrogen-bond acceptors (Lipinski definition) is 3. The Morgan fingerprint density at radius 2 is 1.96 bits per heavy atom. The van der Waals surface area contributed by atoms with E-state index in [2.05, 4.69) is 62.8 Å². The summed E-state index contributed by atoms with van der Waals surface area (Å²) in [5, 5.41) is 6.84. The molecule has 0 bridgehead atoms. The maximum Gasteiger partial charge on any atom is 0.191 e. The average Bonchev–Trinajstić information content (AvgIpc) is 3.18. The van der Waals surface area contributed by atoms with Crippen molar-refractivity contribution in [3.05, 3.63) is 66.0 Å². The lowest BCUT2D eigenvalue weighted by Gasteiger charge is -2.17. The average molecular weight is 493 g/mol. The fourth-order valence-electron chi connectivity index (χ4n) is 3.45. The molecule has 3 rings (SSSR count). The highest BCUT2D eigenvalue weighted by Gasteiger charge is 2.22. The van der Waals surface area contributed by atoms with Crippen molar-refractivity contribution in [1.29, 1.82) is 0 Å². The van der Waals surface area contributed by atoms with Gasteiger partial charge in [-0.1, -0.05) is 36.4 Å². The van der Waals surface area contributed by atoms with Crippen LogP contribution in [0, 0.1) is 5.92 Å². The zero-order chi connectivity index (χ0) is 18.7. The van der Waals surface area contributed by atoms with E-state index in [0.717, 1.165) is 37.7 Å². The van der Waals surface area contributed by atoms with Crippen LogP contribution < -0.4 is 10.6 Å². The minimum Gasteiger partial charge on any atom is -0.357 e. The molecule has 1 unspecified atom stereocenters. The summed E-state index contributed by atoms with van der Waals surface area (Å²) in [5.74, 6) is 1.56. The van der Waals surface area contributed by atoms with Gasteiger partial charge in [-0.05, 0) is 49.9 Å². The van der Waals surface area contributed by atoms with E-state index in [1.54, 1.807) is 0 Å². The Morgan fingerprint density at radius 1 is 1.14 bits per heavy atom. The van der Waals surface area contributed by atoms with Gasteiger partial charge in [0.15, 0.2) is 5.96 Å². The van der Waals surface area contributed by atoms with Gasteiger partial charge in [0.2, 0.25) is 0 Å². The Hall–Kier alpha value is -1.67. The molecule has 1 aliphatic heterocycles. The minimum atomic E-state index is 0. The number of rotatable bonds is 8. The van der Waals surface area contributed by atoms with Crippen LogP contribution in [0.4, 0.5) is 0 Å². The van der Waals surface area contributed by atoms with E-state index in [1.165, 1.54) is 25.1 Å². The van der Waals surface area contributed by atoms with Gasteiger partial charge in [-0.15, -0.1) is 24.0 Å². The number of benzene rings is 1. The fraction of sp³-hybridized carbons (Fsp3) is 0.455. The summed E-state index contributed by atoms with van der Waals surface area (Å²) in [7, 11) is 0. The molecule has 0 spiro atoms. The van der Waals surface area contributed by atoms with Crippen molar-refractivity contribution >= 4 is 29.9 Å². The molecule has 152 valence electrons. The quantitative estimate of drug-likeness (QED) is 0.337. The van der Waals surface area contributed by atoms with Crippen molar-refractivity contribution in [3.63, 3.8) is 0 Å². The molecular formula is C22H32IN5. The second-order valence-corrected chi connectivity index (χ2v) is 7.09. The van der Waals surface area contributed by atoms with E-state index in [0.29, 0.717) is 12.5 Å². The first-order chi connectivity index (χ1) is 13.3. The molecule has 1 aliphatic rings. The normalized spacial score (nSPS) is 17.2. The molecule has 2 N–H and O–H groups in total. The van der Waals surface area contributed by atoms with Crippen LogP contribution in [0.25, 0.3) is 0 Å². The molecular weight excluding hydrogens is 461 g/mol. The molecule has 5 nitrogen and oxygen atoms in total. The van der Waals surface area contributed by atoms with Gasteiger partial charge in [0.25, 0.3) is 0 Å². The lowest BCUT2D eigenvalue weighted by atomic mass is 10.1. The van der Waals surface area contributed by atoms with Crippen molar-refractivity contribution in [2.45, 2.75) is 26.3 Å². The summed E-state index contributed by atoms with van der Waals surface area (Å²) in [6.07, 6.45) is 4.20. The molecule has 1 aromatic heterocycles. The highest BCUT2D eigenvalue weighted by Crippen LogP contribution is 2.16. The molecule has 0 radical (unpaired) electrons. The molecule has 1 atom stereocenters. The van der Waals surface area contributed by atoms with E-state index < -0.39 is 0 Å². The van der Waals surface area contributed by atoms with Gasteiger partial charge in [0.05, 0.1) is 12.2 Å². The standard InChI is InChI=1S/C22H31N5.HI/c1-2-23-22(26-17-21-10-6-7-13-24-21)25-16-20-12-15-27(18-20)14-11-19-8-4-3-5-9-19;/h3-10,13,20H,2,11-12,14-18H2,1H3,(H2,23,25,26);1H. The molecule has 2 aromatic rings. The number of guanidine groups is 1. The van der Waals surface area contributed by atoms with Crippen LogP contribution in [0.5, 0.6) is 0 Å². The fourth-order valence-corrected chi connectivity index (χ4v) is 3.45. The highest BCUT2D eigenvalue weighted by atomic mass is 127. The van der Waals surface area contributed by atoms with Crippen LogP contribution >= 0.6 is 24.0 Å². The molecule has 1 fully saturated rings. The Bertz CT molecular complexity index is 693. The third-order valence-corrected chi connectivity index (χ3v) is 4.96. The Balaban J connectivity index is 0.00000280. The number of halogens is 1. The molecule has 6 heteroatoms. The SMILES string of the molecule is CCNC(=NCc1ccccn1)NCC1CCN(CCc2ccccc2)C1.I. The number of nitrogens with one attached hydrogen (secondary N) is 2. The maximum absolute atomic E-state index is 4.66. The number of aromatic nitrogens is 1. The van der Waals surface area contributed by atoms with E-state index in [9.17, 15) is 0 Å². The van der Waals surface area contributed by atoms with Crippen LogP contribution in [-0.2, 0) is 13.0 Å². The number of nitrogens with zero attached hydrogens (tertiary/aromatic N) is 3. The molecule has 1 aromatic carbocycles. The van der Waals surface area contributed by atoms with Gasteiger partial charge in [0.1, 0.15) is 0 Å². The zero-order valence-corrected chi connectivity index (χ0v) is 19.0. The van der Waals surface area contributed by atoms with E-state index >= 15 is 0 Å². The van der Waals surface area contributed by atoms with Gasteiger partial charge < -0.3 is 15.5 Å². The van der Waals surface area contributed by atoms with E-state index in [4.69, 9.17) is 0 Å². The summed E-state index contributed by atoms with van der Waals surface area (Å²) < 4.78 is 0. The first kappa shape index (κ1) is 22.6. The number of pyridine rings is 1. The summed E-state index contributed by atoms with van der Waals surface area (Å²) in [5.41, 5.74) is 2.41. The van der Waals surface area contributed by atoms with Gasteiger partial charge in [-0.25, -0.2) is 4.99 Å². The predicted molar refractivity (Wildman–Crippen MR) is 127 cm³/mol. The summed E-state index contributed by atoms with van der Waals surface area (Å²) in [4.78, 5) is 11.6. The monoisotopic (exact) mass is 493 g/mol. The van der Waals surface area contributed by atoms with Crippen molar-refractivity contribution in [1.82, 2.24) is 20.5 Å². The predicted octanol–water partition coefficient (Wildman–Crippen LogP) is 3.32. The van der Waals surface area contributed by atoms with Crippen molar-refractivity contribution in [3.8, 4) is 0 Å². The topological polar surface area (TPSA) is 52.6 Å².